The molecule has 0 aromatic carbocycles. The Morgan fingerprint density at radius 3 is 2.68 bits per heavy atom. The lowest BCUT2D eigenvalue weighted by molar-refractivity contribution is 0.215. The second kappa shape index (κ2) is 6.75. The Morgan fingerprint density at radius 2 is 2.05 bits per heavy atom. The summed E-state index contributed by atoms with van der Waals surface area (Å²) in [5.74, 6) is 2.81. The minimum Gasteiger partial charge on any atom is -0.353 e. The van der Waals surface area contributed by atoms with Crippen molar-refractivity contribution in [1.82, 2.24) is 20.0 Å². The molecule has 1 saturated heterocycles. The van der Waals surface area contributed by atoms with E-state index in [2.05, 4.69) is 54.7 Å². The molecule has 0 radical (unpaired) electrons. The molecule has 2 aromatic heterocycles. The largest absolute Gasteiger partial charge is 0.353 e. The van der Waals surface area contributed by atoms with E-state index in [-0.39, 0.29) is 0 Å². The van der Waals surface area contributed by atoms with Crippen LogP contribution in [0.1, 0.15) is 31.5 Å². The second-order valence-electron chi connectivity index (χ2n) is 5.77. The Kier molecular flexibility index (Phi) is 4.73. The molecule has 7 heteroatoms. The van der Waals surface area contributed by atoms with Crippen molar-refractivity contribution in [2.45, 2.75) is 26.3 Å². The van der Waals surface area contributed by atoms with Gasteiger partial charge in [-0.15, -0.1) is 0 Å². The number of piperazine rings is 1. The molecule has 0 spiro atoms. The number of halogens is 1. The maximum absolute atomic E-state index is 5.32. The molecule has 3 heterocycles. The molecule has 3 rings (SSSR count). The molecule has 2 aromatic rings. The lowest BCUT2D eigenvalue weighted by Gasteiger charge is -2.35. The van der Waals surface area contributed by atoms with Gasteiger partial charge in [0.2, 0.25) is 5.89 Å². The van der Waals surface area contributed by atoms with Gasteiger partial charge in [-0.3, -0.25) is 4.90 Å². The van der Waals surface area contributed by atoms with Crippen molar-refractivity contribution in [3.8, 4) is 0 Å². The Labute approximate surface area is 138 Å². The van der Waals surface area contributed by atoms with Gasteiger partial charge < -0.3 is 9.42 Å². The number of hydrogen-bond acceptors (Lipinski definition) is 6. The van der Waals surface area contributed by atoms with Gasteiger partial charge in [0.15, 0.2) is 5.82 Å². The summed E-state index contributed by atoms with van der Waals surface area (Å²) in [6.45, 7) is 8.67. The van der Waals surface area contributed by atoms with E-state index in [1.807, 2.05) is 18.3 Å². The Morgan fingerprint density at radius 1 is 1.27 bits per heavy atom. The van der Waals surface area contributed by atoms with Crippen molar-refractivity contribution in [2.24, 2.45) is 0 Å². The molecule has 1 aliphatic rings. The molecule has 0 aliphatic carbocycles. The van der Waals surface area contributed by atoms with Crippen LogP contribution in [-0.4, -0.2) is 46.2 Å². The van der Waals surface area contributed by atoms with Gasteiger partial charge in [0, 0.05) is 38.3 Å². The topological polar surface area (TPSA) is 58.3 Å². The molecular weight excluding hydrogens is 346 g/mol. The maximum atomic E-state index is 5.32. The highest BCUT2D eigenvalue weighted by Gasteiger charge is 2.21. The maximum Gasteiger partial charge on any atom is 0.240 e. The highest BCUT2D eigenvalue weighted by molar-refractivity contribution is 9.10. The van der Waals surface area contributed by atoms with E-state index in [1.54, 1.807) is 0 Å². The summed E-state index contributed by atoms with van der Waals surface area (Å²) in [4.78, 5) is 13.5. The quantitative estimate of drug-likeness (QED) is 0.829. The van der Waals surface area contributed by atoms with E-state index in [1.165, 1.54) is 0 Å². The molecule has 0 bridgehead atoms. The van der Waals surface area contributed by atoms with Gasteiger partial charge in [-0.1, -0.05) is 19.0 Å². The summed E-state index contributed by atoms with van der Waals surface area (Å²) < 4.78 is 6.37. The monoisotopic (exact) mass is 365 g/mol. The first-order valence-corrected chi connectivity index (χ1v) is 8.33. The van der Waals surface area contributed by atoms with Gasteiger partial charge in [-0.05, 0) is 28.1 Å². The molecule has 1 fully saturated rings. The summed E-state index contributed by atoms with van der Waals surface area (Å²) in [5.41, 5.74) is 0. The van der Waals surface area contributed by atoms with Gasteiger partial charge >= 0.3 is 0 Å². The first kappa shape index (κ1) is 15.4. The predicted molar refractivity (Wildman–Crippen MR) is 87.8 cm³/mol. The fraction of sp³-hybridized carbons (Fsp3) is 0.533. The van der Waals surface area contributed by atoms with Crippen molar-refractivity contribution in [3.05, 3.63) is 34.5 Å². The lowest BCUT2D eigenvalue weighted by Crippen LogP contribution is -2.46. The van der Waals surface area contributed by atoms with Crippen molar-refractivity contribution < 1.29 is 4.52 Å². The van der Waals surface area contributed by atoms with Crippen LogP contribution < -0.4 is 4.90 Å². The van der Waals surface area contributed by atoms with E-state index < -0.39 is 0 Å². The molecule has 0 N–H and O–H groups in total. The normalized spacial score (nSPS) is 16.5. The highest BCUT2D eigenvalue weighted by Crippen LogP contribution is 2.24. The summed E-state index contributed by atoms with van der Waals surface area (Å²) >= 11 is 3.57. The third kappa shape index (κ3) is 3.47. The number of hydrogen-bond donors (Lipinski definition) is 0. The number of rotatable bonds is 4. The van der Waals surface area contributed by atoms with Gasteiger partial charge in [0.05, 0.1) is 11.0 Å². The smallest absolute Gasteiger partial charge is 0.240 e. The standard InChI is InChI=1S/C15H20BrN5O/c1-11(2)14-18-13(22-19-14)10-20-6-8-21(9-7-20)15-12(16)4-3-5-17-15/h3-5,11H,6-10H2,1-2H3. The van der Waals surface area contributed by atoms with E-state index >= 15 is 0 Å². The zero-order chi connectivity index (χ0) is 15.5. The van der Waals surface area contributed by atoms with Crippen molar-refractivity contribution in [1.29, 1.82) is 0 Å². The first-order valence-electron chi connectivity index (χ1n) is 7.54. The van der Waals surface area contributed by atoms with Crippen molar-refractivity contribution in [3.63, 3.8) is 0 Å². The molecule has 0 saturated carbocycles. The lowest BCUT2D eigenvalue weighted by atomic mass is 10.2. The van der Waals surface area contributed by atoms with Crippen LogP contribution in [0.25, 0.3) is 0 Å². The van der Waals surface area contributed by atoms with Crippen LogP contribution in [0.4, 0.5) is 5.82 Å². The summed E-state index contributed by atoms with van der Waals surface area (Å²) in [7, 11) is 0. The SMILES string of the molecule is CC(C)c1noc(CN2CCN(c3ncccc3Br)CC2)n1. The summed E-state index contributed by atoms with van der Waals surface area (Å²) in [6, 6.07) is 3.96. The van der Waals surface area contributed by atoms with Crippen LogP contribution in [0.2, 0.25) is 0 Å². The van der Waals surface area contributed by atoms with Crippen LogP contribution in [0.5, 0.6) is 0 Å². The van der Waals surface area contributed by atoms with Crippen molar-refractivity contribution >= 4 is 21.7 Å². The number of anilines is 1. The molecule has 118 valence electrons. The molecule has 1 aliphatic heterocycles. The van der Waals surface area contributed by atoms with Crippen LogP contribution in [0.3, 0.4) is 0 Å². The Hall–Kier alpha value is -1.47. The zero-order valence-electron chi connectivity index (χ0n) is 12.9. The number of nitrogens with zero attached hydrogens (tertiary/aromatic N) is 5. The molecule has 0 atom stereocenters. The first-order chi connectivity index (χ1) is 10.6. The molecule has 0 unspecified atom stereocenters. The van der Waals surface area contributed by atoms with Gasteiger partial charge in [0.1, 0.15) is 5.82 Å². The third-order valence-corrected chi connectivity index (χ3v) is 4.39. The van der Waals surface area contributed by atoms with E-state index in [0.717, 1.165) is 48.8 Å². The fourth-order valence-corrected chi connectivity index (χ4v) is 2.99. The second-order valence-corrected chi connectivity index (χ2v) is 6.63. The van der Waals surface area contributed by atoms with E-state index in [0.29, 0.717) is 11.8 Å². The van der Waals surface area contributed by atoms with Crippen molar-refractivity contribution in [2.75, 3.05) is 31.1 Å². The Balaban J connectivity index is 1.56. The molecule has 0 amide bonds. The Bertz CT molecular complexity index is 622. The number of aromatic nitrogens is 3. The average Bonchev–Trinajstić information content (AvgIpc) is 2.98. The zero-order valence-corrected chi connectivity index (χ0v) is 14.5. The molecular formula is C15H20BrN5O. The minimum absolute atomic E-state index is 0.302. The molecule has 22 heavy (non-hydrogen) atoms. The third-order valence-electron chi connectivity index (χ3n) is 3.77. The van der Waals surface area contributed by atoms with E-state index in [4.69, 9.17) is 4.52 Å². The van der Waals surface area contributed by atoms with Crippen LogP contribution in [0, 0.1) is 0 Å². The van der Waals surface area contributed by atoms with Gasteiger partial charge in [-0.2, -0.15) is 4.98 Å². The van der Waals surface area contributed by atoms with Crippen LogP contribution >= 0.6 is 15.9 Å². The van der Waals surface area contributed by atoms with Gasteiger partial charge in [0.25, 0.3) is 0 Å². The van der Waals surface area contributed by atoms with Crippen LogP contribution in [0.15, 0.2) is 27.3 Å². The summed E-state index contributed by atoms with van der Waals surface area (Å²) in [6.07, 6.45) is 1.83. The van der Waals surface area contributed by atoms with Crippen LogP contribution in [-0.2, 0) is 6.54 Å². The highest BCUT2D eigenvalue weighted by atomic mass is 79.9. The van der Waals surface area contributed by atoms with Gasteiger partial charge in [-0.25, -0.2) is 4.98 Å². The minimum atomic E-state index is 0.302. The predicted octanol–water partition coefficient (Wildman–Crippen LogP) is 2.67. The van der Waals surface area contributed by atoms with E-state index in [9.17, 15) is 0 Å². The number of pyridine rings is 1. The molecule has 6 nitrogen and oxygen atoms in total. The average molecular weight is 366 g/mol. The summed E-state index contributed by atoms with van der Waals surface area (Å²) in [5, 5.41) is 4.02. The fourth-order valence-electron chi connectivity index (χ4n) is 2.49.